The van der Waals surface area contributed by atoms with E-state index in [4.69, 9.17) is 0 Å². The van der Waals surface area contributed by atoms with E-state index >= 15 is 0 Å². The minimum Gasteiger partial charge on any atom is -0.378 e. The molecule has 0 saturated heterocycles. The second kappa shape index (κ2) is 5.90. The molecule has 17 heavy (non-hydrogen) atoms. The molecule has 0 bridgehead atoms. The van der Waals surface area contributed by atoms with Gasteiger partial charge in [-0.25, -0.2) is 0 Å². The van der Waals surface area contributed by atoms with E-state index in [1.54, 1.807) is 0 Å². The lowest BCUT2D eigenvalue weighted by atomic mass is 9.84. The Hall–Kier alpha value is -1.24. The normalized spacial score (nSPS) is 18.6. The molecule has 0 radical (unpaired) electrons. The fraction of sp³-hybridized carbons (Fsp3) is 0.500. The van der Waals surface area contributed by atoms with Gasteiger partial charge in [-0.3, -0.25) is 0 Å². The fourth-order valence-electron chi connectivity index (χ4n) is 2.78. The SMILES string of the molecule is C=C[C@@H](Nc1ccccc1C)C1CCCCC1. The van der Waals surface area contributed by atoms with Crippen LogP contribution in [-0.4, -0.2) is 6.04 Å². The summed E-state index contributed by atoms with van der Waals surface area (Å²) in [6, 6.07) is 8.93. The second-order valence-electron chi connectivity index (χ2n) is 5.12. The fourth-order valence-corrected chi connectivity index (χ4v) is 2.78. The van der Waals surface area contributed by atoms with Crippen molar-refractivity contribution in [3.05, 3.63) is 42.5 Å². The highest BCUT2D eigenvalue weighted by Crippen LogP contribution is 2.29. The number of aryl methyl sites for hydroxylation is 1. The third kappa shape index (κ3) is 3.12. The second-order valence-corrected chi connectivity index (χ2v) is 5.12. The molecule has 1 nitrogen and oxygen atoms in total. The number of benzene rings is 1. The predicted octanol–water partition coefficient (Wildman–Crippen LogP) is 4.54. The first-order valence-electron chi connectivity index (χ1n) is 6.76. The summed E-state index contributed by atoms with van der Waals surface area (Å²) in [4.78, 5) is 0. The van der Waals surface area contributed by atoms with Gasteiger partial charge in [-0.05, 0) is 37.3 Å². The standard InChI is InChI=1S/C16H23N/c1-3-15(14-10-5-4-6-11-14)17-16-12-8-7-9-13(16)2/h3,7-9,12,14-15,17H,1,4-6,10-11H2,2H3/t15-/m1/s1. The van der Waals surface area contributed by atoms with Crippen molar-refractivity contribution >= 4 is 5.69 Å². The molecule has 1 heteroatoms. The van der Waals surface area contributed by atoms with Crippen LogP contribution in [0.4, 0.5) is 5.69 Å². The first kappa shape index (κ1) is 12.2. The summed E-state index contributed by atoms with van der Waals surface area (Å²) < 4.78 is 0. The molecular formula is C16H23N. The molecule has 1 saturated carbocycles. The van der Waals surface area contributed by atoms with E-state index in [1.807, 2.05) is 0 Å². The highest BCUT2D eigenvalue weighted by molar-refractivity contribution is 5.51. The van der Waals surface area contributed by atoms with Gasteiger partial charge in [0.2, 0.25) is 0 Å². The van der Waals surface area contributed by atoms with Gasteiger partial charge in [0.25, 0.3) is 0 Å². The predicted molar refractivity (Wildman–Crippen MR) is 75.4 cm³/mol. The first-order chi connectivity index (χ1) is 8.31. The van der Waals surface area contributed by atoms with Crippen LogP contribution in [0.5, 0.6) is 0 Å². The Balaban J connectivity index is 2.04. The van der Waals surface area contributed by atoms with Gasteiger partial charge in [0, 0.05) is 11.7 Å². The zero-order chi connectivity index (χ0) is 12.1. The molecule has 0 amide bonds. The van der Waals surface area contributed by atoms with Gasteiger partial charge in [-0.1, -0.05) is 43.5 Å². The Labute approximate surface area is 105 Å². The summed E-state index contributed by atoms with van der Waals surface area (Å²) in [5, 5.41) is 3.65. The molecule has 1 aliphatic carbocycles. The monoisotopic (exact) mass is 229 g/mol. The van der Waals surface area contributed by atoms with Crippen LogP contribution >= 0.6 is 0 Å². The molecule has 2 rings (SSSR count). The van der Waals surface area contributed by atoms with Gasteiger partial charge in [-0.15, -0.1) is 6.58 Å². The Morgan fingerprint density at radius 2 is 1.94 bits per heavy atom. The Morgan fingerprint density at radius 1 is 1.24 bits per heavy atom. The molecule has 1 atom stereocenters. The van der Waals surface area contributed by atoms with E-state index in [-0.39, 0.29) is 0 Å². The van der Waals surface area contributed by atoms with E-state index in [9.17, 15) is 0 Å². The van der Waals surface area contributed by atoms with Crippen LogP contribution in [-0.2, 0) is 0 Å². The van der Waals surface area contributed by atoms with Crippen LogP contribution in [0.25, 0.3) is 0 Å². The maximum absolute atomic E-state index is 4.00. The third-order valence-electron chi connectivity index (χ3n) is 3.88. The van der Waals surface area contributed by atoms with E-state index in [2.05, 4.69) is 49.2 Å². The van der Waals surface area contributed by atoms with Crippen LogP contribution in [0.1, 0.15) is 37.7 Å². The van der Waals surface area contributed by atoms with Gasteiger partial charge >= 0.3 is 0 Å². The van der Waals surface area contributed by atoms with Crippen molar-refractivity contribution in [1.29, 1.82) is 0 Å². The van der Waals surface area contributed by atoms with Gasteiger partial charge < -0.3 is 5.32 Å². The van der Waals surface area contributed by atoms with Crippen molar-refractivity contribution < 1.29 is 0 Å². The molecule has 92 valence electrons. The van der Waals surface area contributed by atoms with Crippen LogP contribution in [0.15, 0.2) is 36.9 Å². The van der Waals surface area contributed by atoms with Crippen LogP contribution in [0, 0.1) is 12.8 Å². The molecule has 1 aromatic rings. The van der Waals surface area contributed by atoms with Gasteiger partial charge in [0.1, 0.15) is 0 Å². The largest absolute Gasteiger partial charge is 0.378 e. The molecule has 0 aliphatic heterocycles. The molecular weight excluding hydrogens is 206 g/mol. The third-order valence-corrected chi connectivity index (χ3v) is 3.88. The van der Waals surface area contributed by atoms with Crippen molar-refractivity contribution in [1.82, 2.24) is 0 Å². The smallest absolute Gasteiger partial charge is 0.0470 e. The zero-order valence-corrected chi connectivity index (χ0v) is 10.8. The average Bonchev–Trinajstić information content (AvgIpc) is 2.39. The first-order valence-corrected chi connectivity index (χ1v) is 6.76. The molecule has 0 unspecified atom stereocenters. The summed E-state index contributed by atoms with van der Waals surface area (Å²) in [7, 11) is 0. The Bertz CT molecular complexity index is 364. The van der Waals surface area contributed by atoms with E-state index in [0.717, 1.165) is 5.92 Å². The lowest BCUT2D eigenvalue weighted by Gasteiger charge is -2.30. The molecule has 0 heterocycles. The Kier molecular flexibility index (Phi) is 4.24. The van der Waals surface area contributed by atoms with Gasteiger partial charge in [0.05, 0.1) is 0 Å². The summed E-state index contributed by atoms with van der Waals surface area (Å²) in [6.45, 7) is 6.16. The lowest BCUT2D eigenvalue weighted by molar-refractivity contribution is 0.343. The molecule has 0 aromatic heterocycles. The summed E-state index contributed by atoms with van der Waals surface area (Å²) in [5.74, 6) is 0.765. The van der Waals surface area contributed by atoms with E-state index in [1.165, 1.54) is 43.4 Å². The van der Waals surface area contributed by atoms with Crippen LogP contribution < -0.4 is 5.32 Å². The molecule has 0 spiro atoms. The van der Waals surface area contributed by atoms with E-state index < -0.39 is 0 Å². The summed E-state index contributed by atoms with van der Waals surface area (Å²) in [5.41, 5.74) is 2.57. The number of rotatable bonds is 4. The highest BCUT2D eigenvalue weighted by Gasteiger charge is 2.21. The number of nitrogens with one attached hydrogen (secondary N) is 1. The molecule has 1 N–H and O–H groups in total. The van der Waals surface area contributed by atoms with E-state index in [0.29, 0.717) is 6.04 Å². The molecule has 1 fully saturated rings. The van der Waals surface area contributed by atoms with Crippen molar-refractivity contribution in [3.8, 4) is 0 Å². The molecule has 1 aliphatic rings. The lowest BCUT2D eigenvalue weighted by Crippen LogP contribution is -2.28. The minimum atomic E-state index is 0.427. The zero-order valence-electron chi connectivity index (χ0n) is 10.8. The van der Waals surface area contributed by atoms with Gasteiger partial charge in [-0.2, -0.15) is 0 Å². The highest BCUT2D eigenvalue weighted by atomic mass is 14.9. The van der Waals surface area contributed by atoms with Gasteiger partial charge in [0.15, 0.2) is 0 Å². The number of hydrogen-bond donors (Lipinski definition) is 1. The van der Waals surface area contributed by atoms with Crippen molar-refractivity contribution in [2.24, 2.45) is 5.92 Å². The molecule has 1 aromatic carbocycles. The number of hydrogen-bond acceptors (Lipinski definition) is 1. The topological polar surface area (TPSA) is 12.0 Å². The summed E-state index contributed by atoms with van der Waals surface area (Å²) >= 11 is 0. The van der Waals surface area contributed by atoms with Crippen LogP contribution in [0.3, 0.4) is 0 Å². The van der Waals surface area contributed by atoms with Crippen LogP contribution in [0.2, 0.25) is 0 Å². The van der Waals surface area contributed by atoms with Crippen molar-refractivity contribution in [3.63, 3.8) is 0 Å². The Morgan fingerprint density at radius 3 is 2.59 bits per heavy atom. The maximum atomic E-state index is 4.00. The average molecular weight is 229 g/mol. The van der Waals surface area contributed by atoms with Crippen molar-refractivity contribution in [2.45, 2.75) is 45.1 Å². The maximum Gasteiger partial charge on any atom is 0.0470 e. The number of anilines is 1. The quantitative estimate of drug-likeness (QED) is 0.747. The number of para-hydroxylation sites is 1. The minimum absolute atomic E-state index is 0.427. The summed E-state index contributed by atoms with van der Waals surface area (Å²) in [6.07, 6.45) is 8.94. The van der Waals surface area contributed by atoms with Crippen molar-refractivity contribution in [2.75, 3.05) is 5.32 Å².